The minimum absolute atomic E-state index is 0.0448. The molecule has 2 aromatic carbocycles. The smallest absolute Gasteiger partial charge is 0.289 e. The molecular formula is C27H31FN4O5S. The van der Waals surface area contributed by atoms with Crippen molar-refractivity contribution in [2.45, 2.75) is 68.7 Å². The molecule has 2 unspecified atom stereocenters. The summed E-state index contributed by atoms with van der Waals surface area (Å²) in [5, 5.41) is 14.2. The van der Waals surface area contributed by atoms with Crippen molar-refractivity contribution in [1.82, 2.24) is 10.0 Å². The van der Waals surface area contributed by atoms with Gasteiger partial charge in [-0.15, -0.1) is 0 Å². The molecule has 38 heavy (non-hydrogen) atoms. The highest BCUT2D eigenvalue weighted by Crippen LogP contribution is 2.41. The number of hydrogen-bond donors (Lipinski definition) is 2. The van der Waals surface area contributed by atoms with Crippen molar-refractivity contribution in [3.63, 3.8) is 0 Å². The van der Waals surface area contributed by atoms with Crippen molar-refractivity contribution in [3.8, 4) is 0 Å². The quantitative estimate of drug-likeness (QED) is 0.418. The number of nitrogens with one attached hydrogen (secondary N) is 2. The molecule has 202 valence electrons. The fourth-order valence-electron chi connectivity index (χ4n) is 5.98. The van der Waals surface area contributed by atoms with Gasteiger partial charge in [0.25, 0.3) is 5.69 Å². The predicted molar refractivity (Wildman–Crippen MR) is 140 cm³/mol. The number of rotatable bonds is 6. The summed E-state index contributed by atoms with van der Waals surface area (Å²) < 4.78 is 41.9. The lowest BCUT2D eigenvalue weighted by Gasteiger charge is -2.28. The molecule has 5 rings (SSSR count). The highest BCUT2D eigenvalue weighted by atomic mass is 32.2. The Bertz CT molecular complexity index is 1400. The number of amidine groups is 1. The van der Waals surface area contributed by atoms with Crippen molar-refractivity contribution in [3.05, 3.63) is 69.0 Å². The zero-order chi connectivity index (χ0) is 27.0. The number of aliphatic imine (C=N–C) groups is 1. The average Bonchev–Trinajstić information content (AvgIpc) is 3.31. The first-order valence-corrected chi connectivity index (χ1v) is 14.5. The summed E-state index contributed by atoms with van der Waals surface area (Å²) in [6, 6.07) is 8.93. The number of carbonyl (C=O) groups is 1. The van der Waals surface area contributed by atoms with E-state index in [1.165, 1.54) is 24.3 Å². The number of nitro benzene ring substituents is 1. The average molecular weight is 543 g/mol. The van der Waals surface area contributed by atoms with E-state index in [4.69, 9.17) is 4.99 Å². The van der Waals surface area contributed by atoms with E-state index in [-0.39, 0.29) is 47.0 Å². The van der Waals surface area contributed by atoms with Crippen LogP contribution in [0.1, 0.15) is 61.1 Å². The van der Waals surface area contributed by atoms with Gasteiger partial charge in [0.1, 0.15) is 11.7 Å². The van der Waals surface area contributed by atoms with Gasteiger partial charge in [0, 0.05) is 30.9 Å². The van der Waals surface area contributed by atoms with Gasteiger partial charge in [-0.3, -0.25) is 19.9 Å². The summed E-state index contributed by atoms with van der Waals surface area (Å²) in [6.07, 6.45) is 4.87. The summed E-state index contributed by atoms with van der Waals surface area (Å²) in [4.78, 5) is 27.9. The number of nitrogens with zero attached hydrogens (tertiary/aromatic N) is 2. The molecule has 0 saturated heterocycles. The Morgan fingerprint density at radius 2 is 1.89 bits per heavy atom. The summed E-state index contributed by atoms with van der Waals surface area (Å²) in [5.74, 6) is 0.489. The van der Waals surface area contributed by atoms with Crippen LogP contribution in [0.4, 0.5) is 10.1 Å². The van der Waals surface area contributed by atoms with Crippen LogP contribution in [-0.4, -0.2) is 37.7 Å². The lowest BCUT2D eigenvalue weighted by atomic mass is 9.78. The fraction of sp³-hybridized carbons (Fsp3) is 0.481. The highest BCUT2D eigenvalue weighted by molar-refractivity contribution is 7.89. The molecule has 1 aliphatic heterocycles. The Morgan fingerprint density at radius 1 is 1.16 bits per heavy atom. The minimum Gasteiger partial charge on any atom is -0.314 e. The predicted octanol–water partition coefficient (Wildman–Crippen LogP) is 4.14. The second-order valence-corrected chi connectivity index (χ2v) is 12.3. The number of amides is 1. The highest BCUT2D eigenvalue weighted by Gasteiger charge is 2.37. The molecule has 1 heterocycles. The molecule has 0 bridgehead atoms. The standard InChI is InChI=1S/C27H31FN4O5S/c1-16-12-20-19(13-22(16)28)10-11-23-21(20)14-26(30-23)31-27(33)18-8-6-17(7-9-18)15-29-38(36,37)25-5-3-2-4-24(25)32(34)35/h2-5,12-13,17-18,21,23,29H,6-11,14-15H2,1H3,(H,30,31,33). The molecule has 2 atom stereocenters. The van der Waals surface area contributed by atoms with Crippen molar-refractivity contribution in [2.75, 3.05) is 6.54 Å². The molecule has 0 aromatic heterocycles. The first kappa shape index (κ1) is 26.4. The van der Waals surface area contributed by atoms with Crippen LogP contribution in [0.15, 0.2) is 46.3 Å². The molecule has 1 fully saturated rings. The normalized spacial score (nSPS) is 24.7. The van der Waals surface area contributed by atoms with Gasteiger partial charge >= 0.3 is 0 Å². The Hall–Kier alpha value is -3.18. The van der Waals surface area contributed by atoms with Gasteiger partial charge in [-0.2, -0.15) is 0 Å². The number of para-hydroxylation sites is 1. The number of nitro groups is 1. The summed E-state index contributed by atoms with van der Waals surface area (Å²) in [7, 11) is -4.03. The maximum atomic E-state index is 14.0. The number of benzene rings is 2. The van der Waals surface area contributed by atoms with Crippen LogP contribution in [0.2, 0.25) is 0 Å². The lowest BCUT2D eigenvalue weighted by Crippen LogP contribution is -2.38. The van der Waals surface area contributed by atoms with Crippen LogP contribution in [0, 0.1) is 34.7 Å². The van der Waals surface area contributed by atoms with Crippen LogP contribution < -0.4 is 10.0 Å². The number of carbonyl (C=O) groups excluding carboxylic acids is 1. The molecule has 2 aromatic rings. The molecule has 0 radical (unpaired) electrons. The van der Waals surface area contributed by atoms with Gasteiger partial charge in [0.2, 0.25) is 15.9 Å². The molecule has 3 aliphatic rings. The van der Waals surface area contributed by atoms with E-state index in [0.29, 0.717) is 43.5 Å². The van der Waals surface area contributed by atoms with Crippen molar-refractivity contribution in [2.24, 2.45) is 16.8 Å². The molecule has 9 nitrogen and oxygen atoms in total. The largest absolute Gasteiger partial charge is 0.314 e. The van der Waals surface area contributed by atoms with E-state index in [0.717, 1.165) is 24.0 Å². The van der Waals surface area contributed by atoms with E-state index in [1.807, 2.05) is 6.07 Å². The van der Waals surface area contributed by atoms with Gasteiger partial charge in [-0.1, -0.05) is 18.2 Å². The van der Waals surface area contributed by atoms with Crippen LogP contribution in [0.5, 0.6) is 0 Å². The van der Waals surface area contributed by atoms with E-state index < -0.39 is 20.6 Å². The molecular weight excluding hydrogens is 511 g/mol. The number of halogens is 1. The number of fused-ring (bicyclic) bond motifs is 3. The second kappa shape index (κ2) is 10.5. The maximum Gasteiger partial charge on any atom is 0.289 e. The molecule has 0 spiro atoms. The van der Waals surface area contributed by atoms with Crippen molar-refractivity contribution >= 4 is 27.5 Å². The third-order valence-corrected chi connectivity index (χ3v) is 9.60. The Balaban J connectivity index is 1.12. The Kier molecular flexibility index (Phi) is 7.32. The molecule has 1 saturated carbocycles. The molecule has 2 aliphatic carbocycles. The third kappa shape index (κ3) is 5.35. The number of aryl methyl sites for hydroxylation is 2. The van der Waals surface area contributed by atoms with Crippen LogP contribution in [0.25, 0.3) is 0 Å². The monoisotopic (exact) mass is 542 g/mol. The van der Waals surface area contributed by atoms with Gasteiger partial charge < -0.3 is 5.32 Å². The first-order chi connectivity index (χ1) is 18.1. The Morgan fingerprint density at radius 3 is 2.63 bits per heavy atom. The maximum absolute atomic E-state index is 14.0. The van der Waals surface area contributed by atoms with E-state index in [9.17, 15) is 27.7 Å². The van der Waals surface area contributed by atoms with E-state index in [1.54, 1.807) is 13.0 Å². The topological polar surface area (TPSA) is 131 Å². The third-order valence-electron chi connectivity index (χ3n) is 8.13. The van der Waals surface area contributed by atoms with Crippen molar-refractivity contribution in [1.29, 1.82) is 0 Å². The second-order valence-electron chi connectivity index (χ2n) is 10.6. The lowest BCUT2D eigenvalue weighted by molar-refractivity contribution is -0.387. The van der Waals surface area contributed by atoms with Gasteiger partial charge in [0.05, 0.1) is 11.0 Å². The molecule has 11 heteroatoms. The van der Waals surface area contributed by atoms with Gasteiger partial charge in [0.15, 0.2) is 4.90 Å². The SMILES string of the molecule is Cc1cc2c(cc1F)CCC1N=C(NC(=O)C3CCC(CNS(=O)(=O)c4ccccc4[N+](=O)[O-])CC3)CC21. The van der Waals surface area contributed by atoms with Gasteiger partial charge in [-0.05, 0) is 80.2 Å². The summed E-state index contributed by atoms with van der Waals surface area (Å²) in [6.45, 7) is 1.93. The minimum atomic E-state index is -4.03. The number of sulfonamides is 1. The van der Waals surface area contributed by atoms with Crippen LogP contribution >= 0.6 is 0 Å². The van der Waals surface area contributed by atoms with Crippen LogP contribution in [-0.2, 0) is 21.2 Å². The molecule has 1 amide bonds. The number of hydrogen-bond acceptors (Lipinski definition) is 6. The fourth-order valence-corrected chi connectivity index (χ4v) is 7.26. The van der Waals surface area contributed by atoms with Crippen LogP contribution in [0.3, 0.4) is 0 Å². The van der Waals surface area contributed by atoms with Gasteiger partial charge in [-0.25, -0.2) is 17.5 Å². The zero-order valence-electron chi connectivity index (χ0n) is 21.2. The first-order valence-electron chi connectivity index (χ1n) is 13.0. The summed E-state index contributed by atoms with van der Waals surface area (Å²) in [5.41, 5.74) is 2.34. The zero-order valence-corrected chi connectivity index (χ0v) is 22.0. The Labute approximate surface area is 221 Å². The van der Waals surface area contributed by atoms with Crippen molar-refractivity contribution < 1.29 is 22.5 Å². The van der Waals surface area contributed by atoms with E-state index >= 15 is 0 Å². The summed E-state index contributed by atoms with van der Waals surface area (Å²) >= 11 is 0. The van der Waals surface area contributed by atoms with E-state index in [2.05, 4.69) is 10.0 Å². The molecule has 2 N–H and O–H groups in total.